The fourth-order valence-corrected chi connectivity index (χ4v) is 2.04. The molecule has 0 spiro atoms. The van der Waals surface area contributed by atoms with Crippen molar-refractivity contribution >= 4 is 8.07 Å². The van der Waals surface area contributed by atoms with E-state index in [0.29, 0.717) is 0 Å². The minimum Gasteiger partial charge on any atom is -0.369 e. The first-order chi connectivity index (χ1) is 5.11. The smallest absolute Gasteiger partial charge is 0.0981 e. The van der Waals surface area contributed by atoms with E-state index in [1.165, 1.54) is 5.32 Å². The molecule has 60 valence electrons. The molecule has 1 aliphatic rings. The van der Waals surface area contributed by atoms with Gasteiger partial charge in [0.1, 0.15) is 0 Å². The van der Waals surface area contributed by atoms with Gasteiger partial charge < -0.3 is 5.32 Å². The van der Waals surface area contributed by atoms with Crippen molar-refractivity contribution in [1.29, 1.82) is 0 Å². The van der Waals surface area contributed by atoms with E-state index < -0.39 is 8.07 Å². The minimum absolute atomic E-state index is 1.14. The van der Waals surface area contributed by atoms with Gasteiger partial charge in [0.15, 0.2) is 0 Å². The summed E-state index contributed by atoms with van der Waals surface area (Å²) in [5.41, 5.74) is 0. The van der Waals surface area contributed by atoms with E-state index in [9.17, 15) is 0 Å². The maximum absolute atomic E-state index is 3.30. The molecule has 1 N–H and O–H groups in total. The van der Waals surface area contributed by atoms with E-state index in [1.807, 2.05) is 18.4 Å². The Kier molecular flexibility index (Phi) is 2.34. The van der Waals surface area contributed by atoms with Crippen LogP contribution in [0.3, 0.4) is 0 Å². The minimum atomic E-state index is -1.14. The molecule has 2 heteroatoms. The number of rotatable bonds is 1. The van der Waals surface area contributed by atoms with Gasteiger partial charge in [0.05, 0.1) is 8.07 Å². The van der Waals surface area contributed by atoms with E-state index in [4.69, 9.17) is 0 Å². The van der Waals surface area contributed by atoms with Gasteiger partial charge in [0.25, 0.3) is 0 Å². The van der Waals surface area contributed by atoms with Crippen LogP contribution in [0.4, 0.5) is 0 Å². The van der Waals surface area contributed by atoms with Crippen LogP contribution in [0.1, 0.15) is 0 Å². The monoisotopic (exact) mass is 165 g/mol. The Labute approximate surface area is 69.5 Å². The zero-order valence-electron chi connectivity index (χ0n) is 7.39. The van der Waals surface area contributed by atoms with Crippen LogP contribution in [-0.2, 0) is 0 Å². The zero-order valence-corrected chi connectivity index (χ0v) is 8.39. The summed E-state index contributed by atoms with van der Waals surface area (Å²) in [6.07, 6.45) is 10.3. The molecule has 1 nitrogen and oxygen atoms in total. The Morgan fingerprint density at radius 2 is 1.82 bits per heavy atom. The molecule has 0 saturated heterocycles. The molecule has 0 aromatic rings. The molecule has 0 atom stereocenters. The van der Waals surface area contributed by atoms with Crippen molar-refractivity contribution in [1.82, 2.24) is 5.32 Å². The Bertz CT molecular complexity index is 218. The first-order valence-electron chi connectivity index (χ1n) is 3.91. The van der Waals surface area contributed by atoms with Crippen LogP contribution in [0.5, 0.6) is 0 Å². The van der Waals surface area contributed by atoms with Crippen LogP contribution in [-0.4, -0.2) is 8.07 Å². The lowest BCUT2D eigenvalue weighted by molar-refractivity contribution is 1.14. The largest absolute Gasteiger partial charge is 0.369 e. The molecule has 0 bridgehead atoms. The van der Waals surface area contributed by atoms with E-state index >= 15 is 0 Å². The molecule has 1 aliphatic heterocycles. The second-order valence-electron chi connectivity index (χ2n) is 3.72. The molecule has 1 heterocycles. The highest BCUT2D eigenvalue weighted by molar-refractivity contribution is 6.82. The number of hydrogen-bond donors (Lipinski definition) is 1. The molecule has 0 aromatic carbocycles. The van der Waals surface area contributed by atoms with Gasteiger partial charge in [0.2, 0.25) is 0 Å². The Balaban J connectivity index is 2.81. The summed E-state index contributed by atoms with van der Waals surface area (Å²) in [6.45, 7) is 7.00. The van der Waals surface area contributed by atoms with E-state index in [-0.39, 0.29) is 0 Å². The first kappa shape index (κ1) is 8.33. The number of nitrogens with one attached hydrogen (secondary N) is 1. The lowest BCUT2D eigenvalue weighted by Crippen LogP contribution is -2.31. The Morgan fingerprint density at radius 3 is 2.45 bits per heavy atom. The van der Waals surface area contributed by atoms with Crippen molar-refractivity contribution in [2.75, 3.05) is 0 Å². The average molecular weight is 165 g/mol. The number of hydrogen-bond acceptors (Lipinski definition) is 1. The van der Waals surface area contributed by atoms with Gasteiger partial charge in [-0.15, -0.1) is 0 Å². The molecule has 0 unspecified atom stereocenters. The van der Waals surface area contributed by atoms with Crippen molar-refractivity contribution in [2.24, 2.45) is 0 Å². The number of allylic oxidation sites excluding steroid dienone is 4. The van der Waals surface area contributed by atoms with Gasteiger partial charge >= 0.3 is 0 Å². The quantitative estimate of drug-likeness (QED) is 0.588. The summed E-state index contributed by atoms with van der Waals surface area (Å²) in [4.78, 5) is 0. The third-order valence-electron chi connectivity index (χ3n) is 1.63. The molecule has 0 fully saturated rings. The standard InChI is InChI=1S/C9H15NSi/c1-11(2,3)9-7-5-4-6-8-10-9/h4-8,10H,1-3H3. The van der Waals surface area contributed by atoms with Crippen molar-refractivity contribution in [3.63, 3.8) is 0 Å². The summed E-state index contributed by atoms with van der Waals surface area (Å²) in [6, 6.07) is 0. The van der Waals surface area contributed by atoms with Crippen LogP contribution < -0.4 is 5.32 Å². The molecule has 1 rings (SSSR count). The van der Waals surface area contributed by atoms with E-state index in [1.54, 1.807) is 0 Å². The van der Waals surface area contributed by atoms with Crippen LogP contribution in [0.2, 0.25) is 19.6 Å². The second-order valence-corrected chi connectivity index (χ2v) is 8.76. The highest BCUT2D eigenvalue weighted by Crippen LogP contribution is 2.12. The van der Waals surface area contributed by atoms with Crippen LogP contribution >= 0.6 is 0 Å². The molecule has 0 aromatic heterocycles. The van der Waals surface area contributed by atoms with Gasteiger partial charge in [-0.25, -0.2) is 0 Å². The zero-order chi connectivity index (χ0) is 8.32. The summed E-state index contributed by atoms with van der Waals surface area (Å²) in [5.74, 6) is 0. The normalized spacial score (nSPS) is 17.2. The highest BCUT2D eigenvalue weighted by atomic mass is 28.3. The molecule has 0 radical (unpaired) electrons. The van der Waals surface area contributed by atoms with Gasteiger partial charge in [-0.05, 0) is 17.5 Å². The van der Waals surface area contributed by atoms with Crippen molar-refractivity contribution in [3.05, 3.63) is 35.8 Å². The van der Waals surface area contributed by atoms with Crippen molar-refractivity contribution < 1.29 is 0 Å². The maximum atomic E-state index is 3.30. The van der Waals surface area contributed by atoms with Gasteiger partial charge in [0, 0.05) is 6.20 Å². The van der Waals surface area contributed by atoms with Crippen LogP contribution in [0.25, 0.3) is 0 Å². The van der Waals surface area contributed by atoms with E-state index in [0.717, 1.165) is 0 Å². The average Bonchev–Trinajstić information content (AvgIpc) is 2.10. The SMILES string of the molecule is C[Si](C)(C)C1=CC=CC=CN1. The second kappa shape index (κ2) is 3.09. The Morgan fingerprint density at radius 1 is 1.09 bits per heavy atom. The topological polar surface area (TPSA) is 12.0 Å². The summed E-state index contributed by atoms with van der Waals surface area (Å²) in [5, 5.41) is 4.69. The lowest BCUT2D eigenvalue weighted by atomic mass is 10.5. The maximum Gasteiger partial charge on any atom is 0.0981 e. The molecular formula is C9H15NSi. The molecular weight excluding hydrogens is 150 g/mol. The first-order valence-corrected chi connectivity index (χ1v) is 7.41. The molecule has 0 saturated carbocycles. The summed E-state index contributed by atoms with van der Waals surface area (Å²) < 4.78 is 0. The fraction of sp³-hybridized carbons (Fsp3) is 0.333. The fourth-order valence-electron chi connectivity index (χ4n) is 0.924. The summed E-state index contributed by atoms with van der Waals surface area (Å²) >= 11 is 0. The molecule has 0 aliphatic carbocycles. The van der Waals surface area contributed by atoms with Crippen molar-refractivity contribution in [3.8, 4) is 0 Å². The lowest BCUT2D eigenvalue weighted by Gasteiger charge is -2.19. The summed E-state index contributed by atoms with van der Waals surface area (Å²) in [7, 11) is -1.14. The third-order valence-corrected chi connectivity index (χ3v) is 3.56. The van der Waals surface area contributed by atoms with Gasteiger partial charge in [-0.2, -0.15) is 0 Å². The predicted octanol–water partition coefficient (Wildman–Crippen LogP) is 2.42. The van der Waals surface area contributed by atoms with E-state index in [2.05, 4.69) is 37.1 Å². The Hall–Kier alpha value is -0.763. The van der Waals surface area contributed by atoms with Gasteiger partial charge in [-0.3, -0.25) is 0 Å². The highest BCUT2D eigenvalue weighted by Gasteiger charge is 2.18. The third kappa shape index (κ3) is 2.39. The van der Waals surface area contributed by atoms with Crippen molar-refractivity contribution in [2.45, 2.75) is 19.6 Å². The van der Waals surface area contributed by atoms with Crippen LogP contribution in [0, 0.1) is 0 Å². The predicted molar refractivity (Wildman–Crippen MR) is 52.8 cm³/mol. The molecule has 0 amide bonds. The molecule has 11 heavy (non-hydrogen) atoms. The van der Waals surface area contributed by atoms with Crippen LogP contribution in [0.15, 0.2) is 35.8 Å². The van der Waals surface area contributed by atoms with Gasteiger partial charge in [-0.1, -0.05) is 31.8 Å².